The van der Waals surface area contributed by atoms with Gasteiger partial charge in [0.05, 0.1) is 17.6 Å². The number of hydrogen-bond donors (Lipinski definition) is 3. The van der Waals surface area contributed by atoms with Crippen molar-refractivity contribution >= 4 is 5.78 Å². The normalized spacial score (nSPS) is 50.3. The summed E-state index contributed by atoms with van der Waals surface area (Å²) in [7, 11) is 0. The third-order valence-corrected chi connectivity index (χ3v) is 10.6. The third kappa shape index (κ3) is 3.38. The second-order valence-corrected chi connectivity index (χ2v) is 12.3. The minimum atomic E-state index is -1.49. The lowest BCUT2D eigenvalue weighted by Gasteiger charge is -2.64. The summed E-state index contributed by atoms with van der Waals surface area (Å²) in [5, 5.41) is 32.9. The van der Waals surface area contributed by atoms with E-state index in [4.69, 9.17) is 0 Å². The van der Waals surface area contributed by atoms with E-state index in [-0.39, 0.29) is 35.9 Å². The van der Waals surface area contributed by atoms with E-state index in [0.29, 0.717) is 24.2 Å². The topological polar surface area (TPSA) is 77.8 Å². The molecule has 0 heterocycles. The lowest BCUT2D eigenvalue weighted by atomic mass is 9.42. The summed E-state index contributed by atoms with van der Waals surface area (Å²) in [5.41, 5.74) is -0.786. The largest absolute Gasteiger partial charge is 0.393 e. The van der Waals surface area contributed by atoms with Crippen molar-refractivity contribution in [1.82, 2.24) is 0 Å². The molecule has 4 fully saturated rings. The number of rotatable bonds is 4. The number of aliphatic hydroxyl groups excluding tert-OH is 2. The number of hydrogen-bond acceptors (Lipinski definition) is 4. The summed E-state index contributed by atoms with van der Waals surface area (Å²) in [6, 6.07) is 0. The standard InChI is InChI=1S/C27H44O4/c1-16(2)7-6-8-17(3)20-9-10-21-19-14-24(30)27(31)15-18(28)13-23(29)26(27,5)22(19)11-12-25(20,21)4/h7,17-22,24,28,30-31H,6,8-15H2,1-5H3. The first-order chi connectivity index (χ1) is 14.4. The maximum Gasteiger partial charge on any atom is 0.144 e. The van der Waals surface area contributed by atoms with Gasteiger partial charge in [-0.25, -0.2) is 0 Å². The van der Waals surface area contributed by atoms with Crippen LogP contribution in [0.4, 0.5) is 0 Å². The second kappa shape index (κ2) is 7.95. The van der Waals surface area contributed by atoms with Gasteiger partial charge < -0.3 is 15.3 Å². The highest BCUT2D eigenvalue weighted by atomic mass is 16.3. The molecule has 4 heteroatoms. The van der Waals surface area contributed by atoms with Crippen LogP contribution in [0.15, 0.2) is 11.6 Å². The van der Waals surface area contributed by atoms with Crippen LogP contribution >= 0.6 is 0 Å². The quantitative estimate of drug-likeness (QED) is 0.565. The summed E-state index contributed by atoms with van der Waals surface area (Å²) in [6.45, 7) is 11.1. The summed E-state index contributed by atoms with van der Waals surface area (Å²) >= 11 is 0. The first kappa shape index (κ1) is 23.4. The molecule has 0 bridgehead atoms. The highest BCUT2D eigenvalue weighted by Gasteiger charge is 2.70. The van der Waals surface area contributed by atoms with Gasteiger partial charge in [-0.2, -0.15) is 0 Å². The molecule has 4 rings (SSSR count). The van der Waals surface area contributed by atoms with E-state index in [1.165, 1.54) is 24.8 Å². The molecule has 4 nitrogen and oxygen atoms in total. The first-order valence-electron chi connectivity index (χ1n) is 12.7. The Morgan fingerprint density at radius 1 is 1.16 bits per heavy atom. The predicted molar refractivity (Wildman–Crippen MR) is 122 cm³/mol. The molecule has 31 heavy (non-hydrogen) atoms. The van der Waals surface area contributed by atoms with Crippen molar-refractivity contribution in [3.8, 4) is 0 Å². The van der Waals surface area contributed by atoms with Crippen molar-refractivity contribution in [3.05, 3.63) is 11.6 Å². The second-order valence-electron chi connectivity index (χ2n) is 12.3. The lowest BCUT2D eigenvalue weighted by Crippen LogP contribution is -2.71. The third-order valence-electron chi connectivity index (χ3n) is 10.6. The van der Waals surface area contributed by atoms with E-state index in [1.807, 2.05) is 6.92 Å². The average molecular weight is 433 g/mol. The van der Waals surface area contributed by atoms with Gasteiger partial charge in [-0.3, -0.25) is 4.79 Å². The van der Waals surface area contributed by atoms with Crippen LogP contribution in [0.5, 0.6) is 0 Å². The van der Waals surface area contributed by atoms with E-state index >= 15 is 0 Å². The zero-order valence-electron chi connectivity index (χ0n) is 20.2. The van der Waals surface area contributed by atoms with Crippen LogP contribution in [0.1, 0.15) is 92.4 Å². The van der Waals surface area contributed by atoms with Crippen molar-refractivity contribution in [2.75, 3.05) is 0 Å². The average Bonchev–Trinajstić information content (AvgIpc) is 3.02. The summed E-state index contributed by atoms with van der Waals surface area (Å²) in [4.78, 5) is 13.2. The van der Waals surface area contributed by atoms with E-state index in [1.54, 1.807) is 0 Å². The van der Waals surface area contributed by atoms with Crippen LogP contribution in [0.25, 0.3) is 0 Å². The van der Waals surface area contributed by atoms with Crippen LogP contribution < -0.4 is 0 Å². The fraction of sp³-hybridized carbons (Fsp3) is 0.889. The molecule has 10 unspecified atom stereocenters. The van der Waals surface area contributed by atoms with Crippen LogP contribution in [-0.2, 0) is 4.79 Å². The minimum absolute atomic E-state index is 0.0456. The Bertz CT molecular complexity index is 742. The smallest absolute Gasteiger partial charge is 0.144 e. The number of ketones is 1. The molecule has 0 aromatic rings. The Labute approximate surface area is 188 Å². The molecule has 0 aromatic carbocycles. The van der Waals surface area contributed by atoms with Crippen molar-refractivity contribution in [2.24, 2.45) is 40.4 Å². The fourth-order valence-corrected chi connectivity index (χ4v) is 8.92. The zero-order chi connectivity index (χ0) is 22.8. The first-order valence-corrected chi connectivity index (χ1v) is 12.7. The molecular weight excluding hydrogens is 388 g/mol. The molecule has 0 aromatic heterocycles. The Hall–Kier alpha value is -0.710. The van der Waals surface area contributed by atoms with Gasteiger partial charge in [-0.05, 0) is 101 Å². The molecule has 10 atom stereocenters. The molecule has 0 aliphatic heterocycles. The monoisotopic (exact) mass is 432 g/mol. The number of carbonyl (C=O) groups excluding carboxylic acids is 1. The van der Waals surface area contributed by atoms with Crippen molar-refractivity contribution in [1.29, 1.82) is 0 Å². The van der Waals surface area contributed by atoms with Crippen molar-refractivity contribution < 1.29 is 20.1 Å². The van der Waals surface area contributed by atoms with Gasteiger partial charge in [0.25, 0.3) is 0 Å². The molecule has 4 saturated carbocycles. The number of carbonyl (C=O) groups is 1. The van der Waals surface area contributed by atoms with E-state index < -0.39 is 23.2 Å². The van der Waals surface area contributed by atoms with Gasteiger partial charge >= 0.3 is 0 Å². The van der Waals surface area contributed by atoms with Crippen LogP contribution in [0.3, 0.4) is 0 Å². The highest BCUT2D eigenvalue weighted by molar-refractivity contribution is 5.88. The highest BCUT2D eigenvalue weighted by Crippen LogP contribution is 2.68. The van der Waals surface area contributed by atoms with Gasteiger partial charge in [-0.1, -0.05) is 25.5 Å². The molecule has 4 aliphatic carbocycles. The summed E-state index contributed by atoms with van der Waals surface area (Å²) in [6.07, 6.45) is 8.20. The molecule has 4 aliphatic rings. The Balaban J connectivity index is 1.59. The van der Waals surface area contributed by atoms with Gasteiger partial charge in [0.2, 0.25) is 0 Å². The van der Waals surface area contributed by atoms with Gasteiger partial charge in [0, 0.05) is 12.8 Å². The number of fused-ring (bicyclic) bond motifs is 5. The molecule has 0 saturated heterocycles. The lowest BCUT2D eigenvalue weighted by molar-refractivity contribution is -0.251. The van der Waals surface area contributed by atoms with Crippen molar-refractivity contribution in [2.45, 2.75) is 110 Å². The number of aliphatic hydroxyl groups is 3. The van der Waals surface area contributed by atoms with Crippen molar-refractivity contribution in [3.63, 3.8) is 0 Å². The Morgan fingerprint density at radius 3 is 2.55 bits per heavy atom. The fourth-order valence-electron chi connectivity index (χ4n) is 8.92. The summed E-state index contributed by atoms with van der Waals surface area (Å²) < 4.78 is 0. The van der Waals surface area contributed by atoms with E-state index in [0.717, 1.165) is 19.3 Å². The molecule has 0 radical (unpaired) electrons. The molecular formula is C27H44O4. The maximum absolute atomic E-state index is 13.2. The molecule has 0 spiro atoms. The van der Waals surface area contributed by atoms with Crippen LogP contribution in [0, 0.1) is 40.4 Å². The SMILES string of the molecule is CC(C)=CCCC(C)C1CCC2C3CC(O)C4(O)CC(O)CC(=O)C4(C)C3CCC12C. The molecule has 176 valence electrons. The number of Topliss-reactive ketones (excluding diaryl/α,β-unsaturated/α-hetero) is 1. The van der Waals surface area contributed by atoms with Gasteiger partial charge in [0.15, 0.2) is 0 Å². The maximum atomic E-state index is 13.2. The van der Waals surface area contributed by atoms with E-state index in [9.17, 15) is 20.1 Å². The Morgan fingerprint density at radius 2 is 1.87 bits per heavy atom. The predicted octanol–water partition coefficient (Wildman–Crippen LogP) is 4.65. The molecule has 0 amide bonds. The Kier molecular flexibility index (Phi) is 6.02. The summed E-state index contributed by atoms with van der Waals surface area (Å²) in [5.74, 6) is 2.23. The molecule has 3 N–H and O–H groups in total. The zero-order valence-corrected chi connectivity index (χ0v) is 20.2. The van der Waals surface area contributed by atoms with Gasteiger partial charge in [-0.15, -0.1) is 0 Å². The minimum Gasteiger partial charge on any atom is -0.393 e. The van der Waals surface area contributed by atoms with Crippen LogP contribution in [-0.4, -0.2) is 38.9 Å². The number of allylic oxidation sites excluding steroid dienone is 2. The van der Waals surface area contributed by atoms with Crippen LogP contribution in [0.2, 0.25) is 0 Å². The van der Waals surface area contributed by atoms with E-state index in [2.05, 4.69) is 33.8 Å². The van der Waals surface area contributed by atoms with Gasteiger partial charge in [0.1, 0.15) is 11.4 Å².